The van der Waals surface area contributed by atoms with Gasteiger partial charge in [-0.1, -0.05) is 22.0 Å². The first kappa shape index (κ1) is 10.4. The van der Waals surface area contributed by atoms with Crippen molar-refractivity contribution in [2.45, 2.75) is 11.3 Å². The van der Waals surface area contributed by atoms with Gasteiger partial charge in [0, 0.05) is 19.5 Å². The Hall–Kier alpha value is -0.130. The molecule has 2 rings (SSSR count). The van der Waals surface area contributed by atoms with Crippen molar-refractivity contribution in [1.29, 1.82) is 0 Å². The maximum atomic E-state index is 12.5. The minimum absolute atomic E-state index is 0.0430. The van der Waals surface area contributed by atoms with Crippen LogP contribution >= 0.6 is 39.9 Å². The lowest BCUT2D eigenvalue weighted by molar-refractivity contribution is 0.153. The first-order chi connectivity index (χ1) is 6.59. The number of thiophene rings is 1. The van der Waals surface area contributed by atoms with Gasteiger partial charge >= 0.3 is 0 Å². The summed E-state index contributed by atoms with van der Waals surface area (Å²) in [7, 11) is 0. The fourth-order valence-electron chi connectivity index (χ4n) is 1.22. The maximum Gasteiger partial charge on any atom is 0.273 e. The highest BCUT2D eigenvalue weighted by Crippen LogP contribution is 2.40. The van der Waals surface area contributed by atoms with Crippen LogP contribution in [0.2, 0.25) is 0 Å². The maximum absolute atomic E-state index is 12.5. The fourth-order valence-corrected chi connectivity index (χ4v) is 3.24. The van der Waals surface area contributed by atoms with Crippen molar-refractivity contribution < 1.29 is 8.78 Å². The van der Waals surface area contributed by atoms with Crippen LogP contribution in [-0.4, -0.2) is 0 Å². The first-order valence-corrected chi connectivity index (χ1v) is 5.84. The Bertz CT molecular complexity index is 479. The molecular formula is C9H5BrF2S2. The van der Waals surface area contributed by atoms with Gasteiger partial charge in [-0.3, -0.25) is 0 Å². The number of benzene rings is 1. The highest BCUT2D eigenvalue weighted by Gasteiger charge is 2.17. The van der Waals surface area contributed by atoms with Crippen LogP contribution in [0.5, 0.6) is 0 Å². The molecule has 0 saturated carbocycles. The summed E-state index contributed by atoms with van der Waals surface area (Å²) < 4.78 is 26.8. The number of thiol groups is 1. The molecule has 0 spiro atoms. The molecule has 1 heterocycles. The second-order valence-electron chi connectivity index (χ2n) is 2.76. The summed E-state index contributed by atoms with van der Waals surface area (Å²) in [5.74, 6) is 0. The van der Waals surface area contributed by atoms with Crippen LogP contribution in [0, 0.1) is 0 Å². The molecule has 0 aliphatic carbocycles. The minimum Gasteiger partial charge on any atom is -0.204 e. The van der Waals surface area contributed by atoms with Crippen LogP contribution in [0.4, 0.5) is 8.78 Å². The molecule has 0 unspecified atom stereocenters. The van der Waals surface area contributed by atoms with Crippen LogP contribution in [0.25, 0.3) is 10.1 Å². The predicted octanol–water partition coefficient (Wildman–Crippen LogP) is 4.89. The van der Waals surface area contributed by atoms with E-state index in [1.54, 1.807) is 6.07 Å². The topological polar surface area (TPSA) is 0 Å². The predicted molar refractivity (Wildman–Crippen MR) is 61.7 cm³/mol. The molecule has 0 aliphatic heterocycles. The van der Waals surface area contributed by atoms with Crippen molar-refractivity contribution in [3.05, 3.63) is 27.5 Å². The van der Waals surface area contributed by atoms with Gasteiger partial charge in [-0.15, -0.1) is 24.0 Å². The van der Waals surface area contributed by atoms with Crippen LogP contribution in [0.3, 0.4) is 0 Å². The van der Waals surface area contributed by atoms with Crippen LogP contribution in [0.1, 0.15) is 11.3 Å². The third kappa shape index (κ3) is 1.68. The smallest absolute Gasteiger partial charge is 0.204 e. The number of hydrogen-bond acceptors (Lipinski definition) is 2. The molecular weight excluding hydrogens is 290 g/mol. The summed E-state index contributed by atoms with van der Waals surface area (Å²) in [6.07, 6.45) is -2.45. The Morgan fingerprint density at radius 1 is 1.36 bits per heavy atom. The van der Waals surface area contributed by atoms with Gasteiger partial charge in [0.05, 0.1) is 4.88 Å². The number of halogens is 3. The van der Waals surface area contributed by atoms with E-state index in [-0.39, 0.29) is 4.88 Å². The zero-order valence-electron chi connectivity index (χ0n) is 6.80. The van der Waals surface area contributed by atoms with Crippen molar-refractivity contribution in [3.8, 4) is 0 Å². The van der Waals surface area contributed by atoms with Gasteiger partial charge in [-0.25, -0.2) is 8.78 Å². The van der Waals surface area contributed by atoms with Crippen LogP contribution in [-0.2, 0) is 0 Å². The quantitative estimate of drug-likeness (QED) is 0.711. The number of rotatable bonds is 1. The first-order valence-electron chi connectivity index (χ1n) is 3.78. The lowest BCUT2D eigenvalue weighted by atomic mass is 10.2. The zero-order chi connectivity index (χ0) is 10.3. The second-order valence-corrected chi connectivity index (χ2v) is 5.20. The molecule has 0 bridgehead atoms. The molecule has 0 nitrogen and oxygen atoms in total. The van der Waals surface area contributed by atoms with Crippen molar-refractivity contribution in [1.82, 2.24) is 0 Å². The van der Waals surface area contributed by atoms with Crippen molar-refractivity contribution in [2.24, 2.45) is 0 Å². The molecule has 74 valence electrons. The molecule has 0 aliphatic rings. The Kier molecular flexibility index (Phi) is 2.81. The van der Waals surface area contributed by atoms with Crippen molar-refractivity contribution >= 4 is 50.0 Å². The van der Waals surface area contributed by atoms with E-state index in [1.807, 2.05) is 12.1 Å². The molecule has 0 amide bonds. The van der Waals surface area contributed by atoms with E-state index in [9.17, 15) is 8.78 Å². The Morgan fingerprint density at radius 2 is 2.07 bits per heavy atom. The molecule has 1 aromatic heterocycles. The van der Waals surface area contributed by atoms with Crippen LogP contribution in [0.15, 0.2) is 27.6 Å². The summed E-state index contributed by atoms with van der Waals surface area (Å²) in [6.45, 7) is 0. The Morgan fingerprint density at radius 3 is 2.71 bits per heavy atom. The molecule has 0 radical (unpaired) electrons. The zero-order valence-corrected chi connectivity index (χ0v) is 10.1. The third-order valence-electron chi connectivity index (χ3n) is 1.85. The lowest BCUT2D eigenvalue weighted by Crippen LogP contribution is -1.77. The average molecular weight is 295 g/mol. The summed E-state index contributed by atoms with van der Waals surface area (Å²) in [6, 6.07) is 5.44. The monoisotopic (exact) mass is 294 g/mol. The van der Waals surface area contributed by atoms with E-state index in [4.69, 9.17) is 0 Å². The third-order valence-corrected chi connectivity index (χ3v) is 4.14. The fraction of sp³-hybridized carbons (Fsp3) is 0.111. The molecule has 2 aromatic rings. The standard InChI is InChI=1S/C9H5BrF2S2/c10-4-1-2-5-6(3-4)14-8(7(5)13)9(11)12/h1-3,9,13H. The van der Waals surface area contributed by atoms with Gasteiger partial charge in [0.1, 0.15) is 0 Å². The normalized spacial score (nSPS) is 11.5. The lowest BCUT2D eigenvalue weighted by Gasteiger charge is -1.94. The van der Waals surface area contributed by atoms with Gasteiger partial charge in [0.15, 0.2) is 0 Å². The highest BCUT2D eigenvalue weighted by molar-refractivity contribution is 9.10. The number of alkyl halides is 2. The number of hydrogen-bond donors (Lipinski definition) is 1. The van der Waals surface area contributed by atoms with E-state index in [0.717, 1.165) is 25.9 Å². The van der Waals surface area contributed by atoms with Gasteiger partial charge in [-0.05, 0) is 12.1 Å². The van der Waals surface area contributed by atoms with E-state index in [0.29, 0.717) is 4.90 Å². The summed E-state index contributed by atoms with van der Waals surface area (Å²) in [5, 5.41) is 0.789. The number of fused-ring (bicyclic) bond motifs is 1. The van der Waals surface area contributed by atoms with Gasteiger partial charge in [-0.2, -0.15) is 0 Å². The molecule has 1 aromatic carbocycles. The molecule has 0 fully saturated rings. The van der Waals surface area contributed by atoms with E-state index >= 15 is 0 Å². The minimum atomic E-state index is -2.45. The molecule has 14 heavy (non-hydrogen) atoms. The highest BCUT2D eigenvalue weighted by atomic mass is 79.9. The SMILES string of the molecule is FC(F)c1sc2cc(Br)ccc2c1S. The van der Waals surface area contributed by atoms with E-state index in [2.05, 4.69) is 28.6 Å². The molecule has 0 atom stereocenters. The summed E-state index contributed by atoms with van der Waals surface area (Å²) >= 11 is 8.49. The van der Waals surface area contributed by atoms with Crippen molar-refractivity contribution in [2.75, 3.05) is 0 Å². The largest absolute Gasteiger partial charge is 0.273 e. The van der Waals surface area contributed by atoms with E-state index in [1.165, 1.54) is 0 Å². The van der Waals surface area contributed by atoms with Gasteiger partial charge < -0.3 is 0 Å². The van der Waals surface area contributed by atoms with Gasteiger partial charge in [0.2, 0.25) is 0 Å². The summed E-state index contributed by atoms with van der Waals surface area (Å²) in [4.78, 5) is 0.439. The van der Waals surface area contributed by atoms with Gasteiger partial charge in [0.25, 0.3) is 6.43 Å². The molecule has 5 heteroatoms. The van der Waals surface area contributed by atoms with Crippen LogP contribution < -0.4 is 0 Å². The molecule has 0 saturated heterocycles. The van der Waals surface area contributed by atoms with Crippen molar-refractivity contribution in [3.63, 3.8) is 0 Å². The summed E-state index contributed by atoms with van der Waals surface area (Å²) in [5.41, 5.74) is 0. The molecule has 0 N–H and O–H groups in total. The Labute approximate surface area is 97.5 Å². The van der Waals surface area contributed by atoms with E-state index < -0.39 is 6.43 Å². The second kappa shape index (κ2) is 3.79. The average Bonchev–Trinajstić information content (AvgIpc) is 2.43. The Balaban J connectivity index is 2.73.